The molecule has 3 aromatic rings. The molecular weight excluding hydrogens is 500 g/mol. The summed E-state index contributed by atoms with van der Waals surface area (Å²) in [4.78, 5) is 10.5. The number of ether oxygens (including phenoxy) is 1. The Balaban J connectivity index is 1.40. The number of halogens is 2. The van der Waals surface area contributed by atoms with E-state index in [2.05, 4.69) is 20.0 Å². The van der Waals surface area contributed by atoms with Crippen molar-refractivity contribution in [3.63, 3.8) is 0 Å². The van der Waals surface area contributed by atoms with Gasteiger partial charge in [0.2, 0.25) is 16.0 Å². The highest BCUT2D eigenvalue weighted by molar-refractivity contribution is 7.88. The Hall–Kier alpha value is -3.31. The Morgan fingerprint density at radius 1 is 1.14 bits per heavy atom. The van der Waals surface area contributed by atoms with Gasteiger partial charge in [-0.3, -0.25) is 0 Å². The molecule has 8 nitrogen and oxygen atoms in total. The van der Waals surface area contributed by atoms with E-state index in [1.807, 2.05) is 36.9 Å². The number of aromatic nitrogens is 2. The molecule has 2 aliphatic rings. The first-order chi connectivity index (χ1) is 17.6. The van der Waals surface area contributed by atoms with Gasteiger partial charge in [0, 0.05) is 23.3 Å². The predicted octanol–water partition coefficient (Wildman–Crippen LogP) is 4.18. The van der Waals surface area contributed by atoms with Crippen LogP contribution in [-0.2, 0) is 22.9 Å². The molecule has 0 saturated heterocycles. The standard InChI is InChI=1S/C26H29F2N5O3S/c1-15(2)33-8-9-36-25-21(27)12-18(13-23(25)33)24-22(28)14-29-26(31-24)30-19-6-4-17-11-20(32-37(3,34)35)7-5-16(17)10-19/h4,6,10,12-15,20,32H,5,7-9,11H2,1-3H3,(H,29,30,31). The monoisotopic (exact) mass is 529 g/mol. The van der Waals surface area contributed by atoms with Crippen molar-refractivity contribution in [3.8, 4) is 17.0 Å². The average molecular weight is 530 g/mol. The lowest BCUT2D eigenvalue weighted by Crippen LogP contribution is -2.38. The van der Waals surface area contributed by atoms with Gasteiger partial charge in [0.05, 0.1) is 24.7 Å². The van der Waals surface area contributed by atoms with Crippen molar-refractivity contribution in [3.05, 3.63) is 59.3 Å². The van der Waals surface area contributed by atoms with Crippen molar-refractivity contribution in [1.29, 1.82) is 0 Å². The number of anilines is 3. The number of benzene rings is 2. The van der Waals surface area contributed by atoms with E-state index in [1.54, 1.807) is 6.07 Å². The highest BCUT2D eigenvalue weighted by Gasteiger charge is 2.26. The molecule has 1 aliphatic heterocycles. The van der Waals surface area contributed by atoms with Crippen LogP contribution in [0.2, 0.25) is 0 Å². The Morgan fingerprint density at radius 3 is 2.70 bits per heavy atom. The van der Waals surface area contributed by atoms with E-state index in [0.29, 0.717) is 37.2 Å². The van der Waals surface area contributed by atoms with Crippen LogP contribution < -0.4 is 19.7 Å². The summed E-state index contributed by atoms with van der Waals surface area (Å²) in [5, 5.41) is 3.12. The summed E-state index contributed by atoms with van der Waals surface area (Å²) < 4.78 is 61.1. The summed E-state index contributed by atoms with van der Waals surface area (Å²) in [6, 6.07) is 8.69. The Kier molecular flexibility index (Phi) is 6.76. The second-order valence-corrected chi connectivity index (χ2v) is 11.6. The maximum atomic E-state index is 14.9. The van der Waals surface area contributed by atoms with Gasteiger partial charge >= 0.3 is 0 Å². The maximum Gasteiger partial charge on any atom is 0.227 e. The highest BCUT2D eigenvalue weighted by atomic mass is 32.2. The number of nitrogens with one attached hydrogen (secondary N) is 2. The zero-order valence-corrected chi connectivity index (χ0v) is 21.7. The van der Waals surface area contributed by atoms with Crippen LogP contribution in [0.1, 0.15) is 31.4 Å². The van der Waals surface area contributed by atoms with E-state index in [1.165, 1.54) is 12.3 Å². The van der Waals surface area contributed by atoms with E-state index >= 15 is 0 Å². The molecule has 1 unspecified atom stereocenters. The molecule has 0 amide bonds. The average Bonchev–Trinajstić information content (AvgIpc) is 2.84. The number of fused-ring (bicyclic) bond motifs is 2. The Morgan fingerprint density at radius 2 is 1.95 bits per heavy atom. The van der Waals surface area contributed by atoms with E-state index in [0.717, 1.165) is 29.4 Å². The lowest BCUT2D eigenvalue weighted by Gasteiger charge is -2.34. The molecular formula is C26H29F2N5O3S. The van der Waals surface area contributed by atoms with Crippen molar-refractivity contribution in [2.75, 3.05) is 29.6 Å². The molecule has 0 spiro atoms. The summed E-state index contributed by atoms with van der Waals surface area (Å²) in [5.41, 5.74) is 3.75. The predicted molar refractivity (Wildman–Crippen MR) is 139 cm³/mol. The highest BCUT2D eigenvalue weighted by Crippen LogP contribution is 2.39. The lowest BCUT2D eigenvalue weighted by atomic mass is 9.88. The maximum absolute atomic E-state index is 14.9. The molecule has 2 aromatic carbocycles. The van der Waals surface area contributed by atoms with Crippen molar-refractivity contribution >= 4 is 27.3 Å². The van der Waals surface area contributed by atoms with Gasteiger partial charge in [0.25, 0.3) is 0 Å². The third kappa shape index (κ3) is 5.52. The SMILES string of the molecule is CC(C)N1CCOc2c(F)cc(-c3nc(Nc4ccc5c(c4)CCC(NS(C)(=O)=O)C5)ncc3F)cc21. The van der Waals surface area contributed by atoms with Crippen LogP contribution in [0.5, 0.6) is 5.75 Å². The molecule has 2 heterocycles. The summed E-state index contributed by atoms with van der Waals surface area (Å²) in [6.07, 6.45) is 4.26. The quantitative estimate of drug-likeness (QED) is 0.495. The van der Waals surface area contributed by atoms with Crippen LogP contribution in [0.3, 0.4) is 0 Å². The fourth-order valence-corrected chi connectivity index (χ4v) is 5.78. The molecule has 2 N–H and O–H groups in total. The second-order valence-electron chi connectivity index (χ2n) is 9.77. The second kappa shape index (κ2) is 9.86. The van der Waals surface area contributed by atoms with Gasteiger partial charge in [0.15, 0.2) is 17.4 Å². The molecule has 0 radical (unpaired) electrons. The molecule has 37 heavy (non-hydrogen) atoms. The first-order valence-electron chi connectivity index (χ1n) is 12.2. The number of hydrogen-bond donors (Lipinski definition) is 2. The lowest BCUT2D eigenvalue weighted by molar-refractivity contribution is 0.287. The van der Waals surface area contributed by atoms with Crippen LogP contribution in [0.15, 0.2) is 36.5 Å². The zero-order valence-electron chi connectivity index (χ0n) is 20.9. The summed E-state index contributed by atoms with van der Waals surface area (Å²) in [5.74, 6) is -0.880. The number of aryl methyl sites for hydroxylation is 1. The molecule has 1 aliphatic carbocycles. The molecule has 11 heteroatoms. The van der Waals surface area contributed by atoms with Gasteiger partial charge in [0.1, 0.15) is 12.3 Å². The smallest absolute Gasteiger partial charge is 0.227 e. The van der Waals surface area contributed by atoms with Gasteiger partial charge in [-0.2, -0.15) is 0 Å². The molecule has 0 fully saturated rings. The molecule has 0 saturated carbocycles. The van der Waals surface area contributed by atoms with Gasteiger partial charge in [-0.1, -0.05) is 6.07 Å². The van der Waals surface area contributed by atoms with Gasteiger partial charge in [-0.05, 0) is 68.5 Å². The summed E-state index contributed by atoms with van der Waals surface area (Å²) >= 11 is 0. The number of hydrogen-bond acceptors (Lipinski definition) is 7. The van der Waals surface area contributed by atoms with Crippen LogP contribution >= 0.6 is 0 Å². The van der Waals surface area contributed by atoms with Crippen LogP contribution in [0, 0.1) is 11.6 Å². The third-order valence-corrected chi connectivity index (χ3v) is 7.39. The molecule has 0 bridgehead atoms. The summed E-state index contributed by atoms with van der Waals surface area (Å²) in [7, 11) is -3.26. The summed E-state index contributed by atoms with van der Waals surface area (Å²) in [6.45, 7) is 5.00. The first-order valence-corrected chi connectivity index (χ1v) is 14.1. The fraction of sp³-hybridized carbons (Fsp3) is 0.385. The van der Waals surface area contributed by atoms with Crippen LogP contribution in [0.25, 0.3) is 11.3 Å². The molecule has 5 rings (SSSR count). The van der Waals surface area contributed by atoms with Crippen molar-refractivity contribution in [2.45, 2.75) is 45.2 Å². The Labute approximate surface area is 215 Å². The minimum atomic E-state index is -3.26. The van der Waals surface area contributed by atoms with Crippen molar-refractivity contribution in [1.82, 2.24) is 14.7 Å². The minimum absolute atomic E-state index is 0.0128. The van der Waals surface area contributed by atoms with Crippen LogP contribution in [0.4, 0.5) is 26.1 Å². The van der Waals surface area contributed by atoms with Gasteiger partial charge < -0.3 is 15.0 Å². The molecule has 1 atom stereocenters. The van der Waals surface area contributed by atoms with Gasteiger partial charge in [-0.25, -0.2) is 31.9 Å². The van der Waals surface area contributed by atoms with Crippen LogP contribution in [-0.4, -0.2) is 49.9 Å². The third-order valence-electron chi connectivity index (χ3n) is 6.62. The fourth-order valence-electron chi connectivity index (χ4n) is 4.97. The normalized spacial score (nSPS) is 17.2. The number of rotatable bonds is 6. The number of nitrogens with zero attached hydrogens (tertiary/aromatic N) is 3. The van der Waals surface area contributed by atoms with E-state index in [-0.39, 0.29) is 29.5 Å². The molecule has 196 valence electrons. The first kappa shape index (κ1) is 25.3. The van der Waals surface area contributed by atoms with Gasteiger partial charge in [-0.15, -0.1) is 0 Å². The minimum Gasteiger partial charge on any atom is -0.486 e. The molecule has 1 aromatic heterocycles. The van der Waals surface area contributed by atoms with Crippen molar-refractivity contribution < 1.29 is 21.9 Å². The van der Waals surface area contributed by atoms with E-state index in [4.69, 9.17) is 4.74 Å². The largest absolute Gasteiger partial charge is 0.486 e. The zero-order chi connectivity index (χ0) is 26.3. The van der Waals surface area contributed by atoms with E-state index in [9.17, 15) is 17.2 Å². The van der Waals surface area contributed by atoms with E-state index < -0.39 is 21.7 Å². The number of sulfonamides is 1. The topological polar surface area (TPSA) is 96.5 Å². The Bertz CT molecular complexity index is 1450. The van der Waals surface area contributed by atoms with Crippen molar-refractivity contribution in [2.24, 2.45) is 0 Å².